The van der Waals surface area contributed by atoms with E-state index in [1.165, 1.54) is 0 Å². The molecule has 0 bridgehead atoms. The van der Waals surface area contributed by atoms with E-state index in [4.69, 9.17) is 14.7 Å². The predicted octanol–water partition coefficient (Wildman–Crippen LogP) is 1.22. The Morgan fingerprint density at radius 1 is 1.53 bits per heavy atom. The molecule has 0 spiro atoms. The van der Waals surface area contributed by atoms with Gasteiger partial charge in [0, 0.05) is 13.1 Å². The van der Waals surface area contributed by atoms with Gasteiger partial charge in [0.2, 0.25) is 0 Å². The number of rotatable bonds is 5. The molecule has 0 aliphatic carbocycles. The molecule has 1 aliphatic rings. The quantitative estimate of drug-likeness (QED) is 0.699. The molecule has 5 nitrogen and oxygen atoms in total. The Balaban J connectivity index is 2.17. The van der Waals surface area contributed by atoms with Gasteiger partial charge in [-0.25, -0.2) is 4.79 Å². The third-order valence-corrected chi connectivity index (χ3v) is 2.33. The highest BCUT2D eigenvalue weighted by Crippen LogP contribution is 2.17. The Morgan fingerprint density at radius 2 is 2.13 bits per heavy atom. The van der Waals surface area contributed by atoms with E-state index in [1.54, 1.807) is 5.06 Å². The van der Waals surface area contributed by atoms with Crippen molar-refractivity contribution in [2.75, 3.05) is 19.7 Å². The van der Waals surface area contributed by atoms with E-state index in [0.717, 1.165) is 31.8 Å². The van der Waals surface area contributed by atoms with Gasteiger partial charge in [0.15, 0.2) is 6.61 Å². The highest BCUT2D eigenvalue weighted by molar-refractivity contribution is 5.68. The second kappa shape index (κ2) is 5.60. The van der Waals surface area contributed by atoms with Crippen molar-refractivity contribution in [2.45, 2.75) is 19.8 Å². The van der Waals surface area contributed by atoms with E-state index in [1.807, 2.05) is 0 Å². The second-order valence-electron chi connectivity index (χ2n) is 3.76. The minimum atomic E-state index is -1.04. The van der Waals surface area contributed by atoms with Gasteiger partial charge < -0.3 is 14.7 Å². The molecule has 5 heteroatoms. The van der Waals surface area contributed by atoms with Crippen LogP contribution in [0.1, 0.15) is 19.8 Å². The molecule has 1 rings (SSSR count). The standard InChI is InChI=1S/C10H17NO4/c1-8-3-5-11(6-4-8)15-9(2)14-7-10(12)13/h8H,2-7H2,1H3,(H,12,13). The third-order valence-electron chi connectivity index (χ3n) is 2.33. The first kappa shape index (κ1) is 11.8. The molecule has 0 radical (unpaired) electrons. The molecule has 0 amide bonds. The summed E-state index contributed by atoms with van der Waals surface area (Å²) >= 11 is 0. The zero-order valence-corrected chi connectivity index (χ0v) is 8.94. The highest BCUT2D eigenvalue weighted by Gasteiger charge is 2.17. The lowest BCUT2D eigenvalue weighted by Crippen LogP contribution is -2.33. The molecule has 1 fully saturated rings. The average molecular weight is 215 g/mol. The van der Waals surface area contributed by atoms with Crippen LogP contribution in [0.15, 0.2) is 12.5 Å². The molecular weight excluding hydrogens is 198 g/mol. The molecule has 1 N–H and O–H groups in total. The second-order valence-corrected chi connectivity index (χ2v) is 3.76. The predicted molar refractivity (Wildman–Crippen MR) is 53.8 cm³/mol. The normalized spacial score (nSPS) is 18.5. The maximum atomic E-state index is 10.2. The van der Waals surface area contributed by atoms with Crippen molar-refractivity contribution in [1.29, 1.82) is 0 Å². The zero-order valence-electron chi connectivity index (χ0n) is 8.94. The van der Waals surface area contributed by atoms with Gasteiger partial charge in [0.05, 0.1) is 0 Å². The van der Waals surface area contributed by atoms with Gasteiger partial charge in [0.25, 0.3) is 5.95 Å². The monoisotopic (exact) mass is 215 g/mol. The first-order valence-corrected chi connectivity index (χ1v) is 5.04. The van der Waals surface area contributed by atoms with Crippen molar-refractivity contribution in [3.05, 3.63) is 12.5 Å². The fourth-order valence-corrected chi connectivity index (χ4v) is 1.39. The summed E-state index contributed by atoms with van der Waals surface area (Å²) in [4.78, 5) is 15.4. The van der Waals surface area contributed by atoms with E-state index in [-0.39, 0.29) is 5.95 Å². The van der Waals surface area contributed by atoms with Crippen molar-refractivity contribution in [3.63, 3.8) is 0 Å². The Kier molecular flexibility index (Phi) is 4.42. The van der Waals surface area contributed by atoms with Crippen LogP contribution < -0.4 is 0 Å². The van der Waals surface area contributed by atoms with Gasteiger partial charge in [-0.15, -0.1) is 5.06 Å². The lowest BCUT2D eigenvalue weighted by molar-refractivity contribution is -0.184. The summed E-state index contributed by atoms with van der Waals surface area (Å²) in [6.45, 7) is 6.94. The van der Waals surface area contributed by atoms with Crippen LogP contribution >= 0.6 is 0 Å². The Morgan fingerprint density at radius 3 is 2.67 bits per heavy atom. The van der Waals surface area contributed by atoms with Gasteiger partial charge in [-0.1, -0.05) is 6.92 Å². The smallest absolute Gasteiger partial charge is 0.341 e. The van der Waals surface area contributed by atoms with Crippen LogP contribution in [0.4, 0.5) is 0 Å². The fraction of sp³-hybridized carbons (Fsp3) is 0.700. The summed E-state index contributed by atoms with van der Waals surface area (Å²) < 4.78 is 4.78. The number of nitrogens with zero attached hydrogens (tertiary/aromatic N) is 1. The topological polar surface area (TPSA) is 59.0 Å². The largest absolute Gasteiger partial charge is 0.479 e. The van der Waals surface area contributed by atoms with Gasteiger partial charge in [-0.05, 0) is 25.3 Å². The molecule has 1 heterocycles. The molecule has 0 atom stereocenters. The minimum absolute atomic E-state index is 0.0481. The fourth-order valence-electron chi connectivity index (χ4n) is 1.39. The van der Waals surface area contributed by atoms with Crippen LogP contribution in [0, 0.1) is 5.92 Å². The van der Waals surface area contributed by atoms with E-state index in [2.05, 4.69) is 13.5 Å². The van der Waals surface area contributed by atoms with Crippen LogP contribution in [-0.2, 0) is 14.4 Å². The summed E-state index contributed by atoms with van der Waals surface area (Å²) in [5.74, 6) is -0.267. The summed E-state index contributed by atoms with van der Waals surface area (Å²) in [6, 6.07) is 0. The van der Waals surface area contributed by atoms with Crippen molar-refractivity contribution < 1.29 is 19.5 Å². The molecule has 15 heavy (non-hydrogen) atoms. The number of piperidine rings is 1. The summed E-state index contributed by atoms with van der Waals surface area (Å²) in [6.07, 6.45) is 2.15. The molecule has 0 saturated carbocycles. The lowest BCUT2D eigenvalue weighted by atomic mass is 10.0. The van der Waals surface area contributed by atoms with Crippen molar-refractivity contribution in [1.82, 2.24) is 5.06 Å². The molecule has 0 aromatic carbocycles. The van der Waals surface area contributed by atoms with E-state index < -0.39 is 12.6 Å². The molecule has 86 valence electrons. The highest BCUT2D eigenvalue weighted by atomic mass is 16.8. The number of aliphatic carboxylic acids is 1. The van der Waals surface area contributed by atoms with Gasteiger partial charge in [-0.3, -0.25) is 0 Å². The van der Waals surface area contributed by atoms with Gasteiger partial charge >= 0.3 is 5.97 Å². The first-order chi connectivity index (χ1) is 7.08. The van der Waals surface area contributed by atoms with Crippen molar-refractivity contribution in [2.24, 2.45) is 5.92 Å². The maximum Gasteiger partial charge on any atom is 0.341 e. The van der Waals surface area contributed by atoms with E-state index >= 15 is 0 Å². The lowest BCUT2D eigenvalue weighted by Gasteiger charge is -2.29. The molecule has 0 unspecified atom stereocenters. The molecular formula is C10H17NO4. The number of ether oxygens (including phenoxy) is 1. The minimum Gasteiger partial charge on any atom is -0.479 e. The number of carboxylic acid groups (broad SMARTS) is 1. The van der Waals surface area contributed by atoms with Gasteiger partial charge in [0.1, 0.15) is 0 Å². The Labute approximate surface area is 89.2 Å². The van der Waals surface area contributed by atoms with Crippen LogP contribution in [0.25, 0.3) is 0 Å². The summed E-state index contributed by atoms with van der Waals surface area (Å²) in [5, 5.41) is 10.1. The molecule has 0 aromatic rings. The molecule has 1 saturated heterocycles. The number of carboxylic acids is 1. The number of hydroxylamine groups is 2. The van der Waals surface area contributed by atoms with E-state index in [0.29, 0.717) is 0 Å². The molecule has 0 aromatic heterocycles. The number of hydrogen-bond donors (Lipinski definition) is 1. The first-order valence-electron chi connectivity index (χ1n) is 5.04. The third kappa shape index (κ3) is 4.69. The van der Waals surface area contributed by atoms with E-state index in [9.17, 15) is 4.79 Å². The molecule has 1 aliphatic heterocycles. The number of carbonyl (C=O) groups is 1. The average Bonchev–Trinajstić information content (AvgIpc) is 2.19. The maximum absolute atomic E-state index is 10.2. The summed E-state index contributed by atoms with van der Waals surface area (Å²) in [5.41, 5.74) is 0. The Hall–Kier alpha value is -1.23. The number of hydrogen-bond acceptors (Lipinski definition) is 4. The van der Waals surface area contributed by atoms with Crippen LogP contribution in [0.2, 0.25) is 0 Å². The summed E-state index contributed by atoms with van der Waals surface area (Å²) in [7, 11) is 0. The van der Waals surface area contributed by atoms with Crippen LogP contribution in [0.3, 0.4) is 0 Å². The van der Waals surface area contributed by atoms with Crippen molar-refractivity contribution >= 4 is 5.97 Å². The zero-order chi connectivity index (χ0) is 11.3. The van der Waals surface area contributed by atoms with Crippen LogP contribution in [-0.4, -0.2) is 35.8 Å². The van der Waals surface area contributed by atoms with Gasteiger partial charge in [-0.2, -0.15) is 0 Å². The SMILES string of the molecule is C=C(OCC(=O)O)ON1CCC(C)CC1. The Bertz CT molecular complexity index is 234. The van der Waals surface area contributed by atoms with Crippen molar-refractivity contribution in [3.8, 4) is 0 Å². The van der Waals surface area contributed by atoms with Crippen LogP contribution in [0.5, 0.6) is 0 Å².